The fourth-order valence-corrected chi connectivity index (χ4v) is 6.90. The molecular weight excluding hydrogens is 723 g/mol. The Morgan fingerprint density at radius 2 is 1.24 bits per heavy atom. The first-order chi connectivity index (χ1) is 27.3. The molecule has 2 aliphatic rings. The predicted octanol–water partition coefficient (Wildman–Crippen LogP) is 8.86. The number of fused-ring (bicyclic) bond motifs is 2. The number of imide groups is 1. The summed E-state index contributed by atoms with van der Waals surface area (Å²) >= 11 is 0. The van der Waals surface area contributed by atoms with Gasteiger partial charge in [-0.3, -0.25) is 24.0 Å². The molecule has 0 unspecified atom stereocenters. The maximum absolute atomic E-state index is 13.6. The zero-order valence-electron chi connectivity index (χ0n) is 34.6. The molecule has 0 N–H and O–H groups in total. The Labute approximate surface area is 342 Å². The van der Waals surface area contributed by atoms with Gasteiger partial charge in [-0.25, -0.2) is 4.90 Å². The molecule has 3 aromatic carbocycles. The van der Waals surface area contributed by atoms with Crippen molar-refractivity contribution in [2.45, 2.75) is 67.3 Å². The van der Waals surface area contributed by atoms with E-state index < -0.39 is 11.8 Å². The fraction of sp³-hybridized carbons (Fsp3) is 0.224. The molecular formula is C49H49BN2O6. The van der Waals surface area contributed by atoms with Gasteiger partial charge in [-0.15, -0.1) is 0 Å². The number of carbonyl (C=O) groups is 6. The summed E-state index contributed by atoms with van der Waals surface area (Å²) in [6.07, 6.45) is 10.7. The van der Waals surface area contributed by atoms with Crippen LogP contribution in [0.2, 0.25) is 0 Å². The zero-order valence-corrected chi connectivity index (χ0v) is 34.6. The SMILES string of the molecule is BC(=O)c1cc(CC(=O)c2ccc3c(c2)C(=O)N(C(C)C)C3=C)ccc1CC(=O)c1ccc2c(c1)C(=O)N(/C(C)=C/C=C(C=C)/C(C=C)=C/C=C(\C)C(C)(C)C)C2=O. The standard InChI is InChI=1S/C49H49BN2O6/c1-11-33(16-13-29(5)49(8,9)10)34(12-2)17-14-30(6)52-46(56)39-22-20-37(26-42(39)48(52)58)44(54)27-35-18-15-32(23-40(35)45(50)55)24-43(53)36-19-21-38-31(7)51(28(3)4)47(57)41(38)25-36/h11-23,25-26,28H,1-2,7,24,27,50H2,3-6,8-10H3/b29-13+,30-14+,33-16+,34-17+. The minimum Gasteiger partial charge on any atom is -0.307 e. The molecule has 3 aromatic rings. The summed E-state index contributed by atoms with van der Waals surface area (Å²) in [5, 5.41) is 0. The first-order valence-electron chi connectivity index (χ1n) is 19.2. The number of allylic oxidation sites excluding steroid dienone is 10. The van der Waals surface area contributed by atoms with Crippen LogP contribution in [0.4, 0.5) is 0 Å². The van der Waals surface area contributed by atoms with Crippen molar-refractivity contribution in [1.29, 1.82) is 0 Å². The summed E-state index contributed by atoms with van der Waals surface area (Å²) < 4.78 is 0. The van der Waals surface area contributed by atoms with E-state index >= 15 is 0 Å². The van der Waals surface area contributed by atoms with E-state index in [0.717, 1.165) is 16.0 Å². The van der Waals surface area contributed by atoms with Crippen molar-refractivity contribution in [2.75, 3.05) is 0 Å². The van der Waals surface area contributed by atoms with Gasteiger partial charge in [0, 0.05) is 58.1 Å². The summed E-state index contributed by atoms with van der Waals surface area (Å²) in [5.41, 5.74) is 6.84. The van der Waals surface area contributed by atoms with Crippen LogP contribution >= 0.6 is 0 Å². The van der Waals surface area contributed by atoms with Crippen molar-refractivity contribution in [2.24, 2.45) is 5.41 Å². The topological polar surface area (TPSA) is 109 Å². The lowest BCUT2D eigenvalue weighted by molar-refractivity contribution is 0.0702. The molecule has 0 bridgehead atoms. The molecule has 294 valence electrons. The van der Waals surface area contributed by atoms with Crippen LogP contribution in [0.15, 0.2) is 133 Å². The van der Waals surface area contributed by atoms with E-state index in [4.69, 9.17) is 0 Å². The lowest BCUT2D eigenvalue weighted by Crippen LogP contribution is -2.29. The van der Waals surface area contributed by atoms with Gasteiger partial charge in [0.2, 0.25) is 0 Å². The molecule has 0 atom stereocenters. The van der Waals surface area contributed by atoms with E-state index in [1.54, 1.807) is 72.5 Å². The van der Waals surface area contributed by atoms with Gasteiger partial charge in [0.15, 0.2) is 19.4 Å². The average Bonchev–Trinajstić information content (AvgIpc) is 3.58. The number of nitrogens with zero attached hydrogens (tertiary/aromatic N) is 2. The Bertz CT molecular complexity index is 2470. The number of benzene rings is 3. The first-order valence-corrected chi connectivity index (χ1v) is 19.2. The smallest absolute Gasteiger partial charge is 0.265 e. The largest absolute Gasteiger partial charge is 0.307 e. The third-order valence-electron chi connectivity index (χ3n) is 10.7. The van der Waals surface area contributed by atoms with Crippen LogP contribution < -0.4 is 0 Å². The maximum Gasteiger partial charge on any atom is 0.265 e. The average molecular weight is 773 g/mol. The van der Waals surface area contributed by atoms with Gasteiger partial charge in [-0.2, -0.15) is 0 Å². The second-order valence-corrected chi connectivity index (χ2v) is 16.0. The van der Waals surface area contributed by atoms with E-state index in [1.165, 1.54) is 31.6 Å². The molecule has 0 saturated heterocycles. The fourth-order valence-electron chi connectivity index (χ4n) is 6.90. The summed E-state index contributed by atoms with van der Waals surface area (Å²) in [5.74, 6) is -1.82. The van der Waals surface area contributed by atoms with Gasteiger partial charge in [0.05, 0.1) is 11.1 Å². The second-order valence-electron chi connectivity index (χ2n) is 16.0. The van der Waals surface area contributed by atoms with Gasteiger partial charge >= 0.3 is 0 Å². The van der Waals surface area contributed by atoms with E-state index in [2.05, 4.69) is 47.4 Å². The Morgan fingerprint density at radius 3 is 1.79 bits per heavy atom. The van der Waals surface area contributed by atoms with Gasteiger partial charge in [-0.05, 0) is 85.7 Å². The normalized spacial score (nSPS) is 15.0. The van der Waals surface area contributed by atoms with Crippen molar-refractivity contribution in [3.8, 4) is 0 Å². The van der Waals surface area contributed by atoms with Crippen molar-refractivity contribution < 1.29 is 28.8 Å². The Kier molecular flexibility index (Phi) is 12.5. The highest BCUT2D eigenvalue weighted by molar-refractivity contribution is 6.62. The lowest BCUT2D eigenvalue weighted by atomic mass is 9.86. The van der Waals surface area contributed by atoms with Crippen molar-refractivity contribution in [3.63, 3.8) is 0 Å². The number of hydrogen-bond acceptors (Lipinski definition) is 6. The van der Waals surface area contributed by atoms with E-state index in [0.29, 0.717) is 44.8 Å². The Morgan fingerprint density at radius 1 is 0.707 bits per heavy atom. The number of Topliss-reactive ketones (excluding diaryl/α,β-unsaturated/α-hetero) is 2. The van der Waals surface area contributed by atoms with Gasteiger partial charge in [0.25, 0.3) is 17.7 Å². The molecule has 2 aliphatic heterocycles. The highest BCUT2D eigenvalue weighted by atomic mass is 16.2. The molecule has 0 spiro atoms. The van der Waals surface area contributed by atoms with Crippen molar-refractivity contribution >= 4 is 48.5 Å². The predicted molar refractivity (Wildman–Crippen MR) is 233 cm³/mol. The molecule has 3 amide bonds. The molecule has 58 heavy (non-hydrogen) atoms. The molecule has 0 radical (unpaired) electrons. The first kappa shape index (κ1) is 42.7. The number of rotatable bonds is 14. The molecule has 0 saturated carbocycles. The van der Waals surface area contributed by atoms with Crippen LogP contribution in [0.3, 0.4) is 0 Å². The van der Waals surface area contributed by atoms with Crippen LogP contribution in [-0.4, -0.2) is 58.7 Å². The van der Waals surface area contributed by atoms with Crippen molar-refractivity contribution in [1.82, 2.24) is 9.80 Å². The number of carbonyl (C=O) groups excluding carboxylic acids is 6. The summed E-state index contributed by atoms with van der Waals surface area (Å²) in [7, 11) is 1.39. The van der Waals surface area contributed by atoms with Crippen LogP contribution in [0.5, 0.6) is 0 Å². The Hall–Kier alpha value is -6.48. The Balaban J connectivity index is 1.32. The molecule has 9 heteroatoms. The van der Waals surface area contributed by atoms with Crippen LogP contribution in [0.1, 0.15) is 127 Å². The number of amides is 3. The van der Waals surface area contributed by atoms with E-state index in [1.807, 2.05) is 26.0 Å². The van der Waals surface area contributed by atoms with Crippen LogP contribution in [0.25, 0.3) is 5.70 Å². The summed E-state index contributed by atoms with van der Waals surface area (Å²) in [4.78, 5) is 82.7. The van der Waals surface area contributed by atoms with E-state index in [9.17, 15) is 28.8 Å². The van der Waals surface area contributed by atoms with Gasteiger partial charge in [-0.1, -0.05) is 107 Å². The molecule has 0 aromatic heterocycles. The number of hydrogen-bond donors (Lipinski definition) is 0. The lowest BCUT2D eigenvalue weighted by Gasteiger charge is -2.21. The summed E-state index contributed by atoms with van der Waals surface area (Å²) in [6.45, 7) is 25.8. The molecule has 0 fully saturated rings. The van der Waals surface area contributed by atoms with Crippen LogP contribution in [0, 0.1) is 5.41 Å². The van der Waals surface area contributed by atoms with Gasteiger partial charge in [0.1, 0.15) is 5.68 Å². The third kappa shape index (κ3) is 8.59. The van der Waals surface area contributed by atoms with Crippen LogP contribution in [-0.2, 0) is 12.8 Å². The second kappa shape index (κ2) is 16.9. The highest BCUT2D eigenvalue weighted by Crippen LogP contribution is 2.34. The third-order valence-corrected chi connectivity index (χ3v) is 10.7. The minimum atomic E-state index is -0.548. The summed E-state index contributed by atoms with van der Waals surface area (Å²) in [6, 6.07) is 14.3. The highest BCUT2D eigenvalue weighted by Gasteiger charge is 2.37. The minimum absolute atomic E-state index is 0.00249. The molecule has 0 aliphatic carbocycles. The molecule has 8 nitrogen and oxygen atoms in total. The quantitative estimate of drug-likeness (QED) is 0.0702. The monoisotopic (exact) mass is 772 g/mol. The van der Waals surface area contributed by atoms with Gasteiger partial charge < -0.3 is 9.69 Å². The maximum atomic E-state index is 13.6. The number of ketones is 2. The van der Waals surface area contributed by atoms with E-state index in [-0.39, 0.29) is 64.1 Å². The molecule has 2 heterocycles. The molecule has 5 rings (SSSR count). The zero-order chi connectivity index (χ0) is 42.8. The van der Waals surface area contributed by atoms with Crippen molar-refractivity contribution in [3.05, 3.63) is 183 Å².